The number of hydrogen-bond donors (Lipinski definition) is 1. The molecule has 1 aliphatic heterocycles. The van der Waals surface area contributed by atoms with Gasteiger partial charge >= 0.3 is 6.18 Å². The Labute approximate surface area is 203 Å². The molecule has 186 valence electrons. The van der Waals surface area contributed by atoms with E-state index < -0.39 is 18.7 Å². The second-order valence-corrected chi connectivity index (χ2v) is 9.07. The first-order chi connectivity index (χ1) is 16.6. The van der Waals surface area contributed by atoms with Crippen LogP contribution in [-0.2, 0) is 11.3 Å². The molecule has 0 unspecified atom stereocenters. The maximum absolute atomic E-state index is 12.3. The second kappa shape index (κ2) is 10.1. The Morgan fingerprint density at radius 3 is 2.71 bits per heavy atom. The number of thiazole rings is 1. The van der Waals surface area contributed by atoms with Crippen LogP contribution in [0.4, 0.5) is 13.2 Å². The molecule has 1 aliphatic rings. The molecule has 4 heterocycles. The standard InChI is InChI=1S/C23H24F3N5O3S/c1-14-16(21(27)33)10-18(31(14)9-3-8-30-7-2-4-20(30)32)17-12-35-22(29-17)15-5-6-19(28-11-15)34-13-23(24,25)26/h5-6,10-12H,2-4,7-9,13H2,1H3,(H2,27,33). The number of alkyl halides is 3. The molecule has 0 radical (unpaired) electrons. The van der Waals surface area contributed by atoms with E-state index in [0.29, 0.717) is 47.8 Å². The molecule has 4 rings (SSSR count). The van der Waals surface area contributed by atoms with E-state index in [1.165, 1.54) is 23.6 Å². The van der Waals surface area contributed by atoms with E-state index in [-0.39, 0.29) is 11.8 Å². The van der Waals surface area contributed by atoms with Crippen molar-refractivity contribution in [1.82, 2.24) is 19.4 Å². The quantitative estimate of drug-likeness (QED) is 0.471. The third kappa shape index (κ3) is 5.81. The molecule has 2 N–H and O–H groups in total. The molecule has 3 aromatic heterocycles. The maximum atomic E-state index is 12.3. The highest BCUT2D eigenvalue weighted by Gasteiger charge is 2.28. The molecular formula is C23H24F3N5O3S. The van der Waals surface area contributed by atoms with Crippen LogP contribution in [0.3, 0.4) is 0 Å². The minimum absolute atomic E-state index is 0.130. The Morgan fingerprint density at radius 1 is 1.29 bits per heavy atom. The maximum Gasteiger partial charge on any atom is 0.422 e. The number of halogens is 3. The number of nitrogens with two attached hydrogens (primary N) is 1. The van der Waals surface area contributed by atoms with Gasteiger partial charge in [-0.05, 0) is 31.9 Å². The summed E-state index contributed by atoms with van der Waals surface area (Å²) < 4.78 is 43.6. The van der Waals surface area contributed by atoms with Crippen molar-refractivity contribution >= 4 is 23.2 Å². The Bertz CT molecular complexity index is 1220. The lowest BCUT2D eigenvalue weighted by Crippen LogP contribution is -2.26. The minimum atomic E-state index is -4.44. The van der Waals surface area contributed by atoms with Crippen LogP contribution in [0.15, 0.2) is 29.8 Å². The van der Waals surface area contributed by atoms with Crippen molar-refractivity contribution in [2.45, 2.75) is 38.9 Å². The van der Waals surface area contributed by atoms with Crippen LogP contribution < -0.4 is 10.5 Å². The summed E-state index contributed by atoms with van der Waals surface area (Å²) in [6.45, 7) is 2.40. The van der Waals surface area contributed by atoms with E-state index in [0.717, 1.165) is 24.4 Å². The van der Waals surface area contributed by atoms with E-state index in [9.17, 15) is 22.8 Å². The summed E-state index contributed by atoms with van der Waals surface area (Å²) in [5, 5.41) is 2.45. The number of primary amides is 1. The number of pyridine rings is 1. The summed E-state index contributed by atoms with van der Waals surface area (Å²) in [5.74, 6) is -0.499. The van der Waals surface area contributed by atoms with E-state index in [4.69, 9.17) is 5.73 Å². The minimum Gasteiger partial charge on any atom is -0.468 e. The summed E-state index contributed by atoms with van der Waals surface area (Å²) >= 11 is 1.34. The molecule has 0 aliphatic carbocycles. The zero-order valence-electron chi connectivity index (χ0n) is 19.0. The van der Waals surface area contributed by atoms with Crippen molar-refractivity contribution in [3.8, 4) is 27.8 Å². The van der Waals surface area contributed by atoms with Crippen LogP contribution in [0.2, 0.25) is 0 Å². The summed E-state index contributed by atoms with van der Waals surface area (Å²) in [4.78, 5) is 34.3. The molecule has 1 saturated heterocycles. The Hall–Kier alpha value is -3.41. The van der Waals surface area contributed by atoms with Gasteiger partial charge in [0.2, 0.25) is 11.8 Å². The van der Waals surface area contributed by atoms with Crippen molar-refractivity contribution in [3.63, 3.8) is 0 Å². The van der Waals surface area contributed by atoms with Crippen molar-refractivity contribution in [2.24, 2.45) is 5.73 Å². The normalized spacial score (nSPS) is 14.1. The van der Waals surface area contributed by atoms with Crippen LogP contribution >= 0.6 is 11.3 Å². The van der Waals surface area contributed by atoms with E-state index in [1.54, 1.807) is 12.1 Å². The third-order valence-corrected chi connectivity index (χ3v) is 6.64. The van der Waals surface area contributed by atoms with Crippen LogP contribution in [0.5, 0.6) is 5.88 Å². The first-order valence-corrected chi connectivity index (χ1v) is 11.9. The van der Waals surface area contributed by atoms with Gasteiger partial charge in [-0.1, -0.05) is 0 Å². The molecular weight excluding hydrogens is 483 g/mol. The van der Waals surface area contributed by atoms with Gasteiger partial charge in [-0.15, -0.1) is 11.3 Å². The molecule has 12 heteroatoms. The molecule has 0 atom stereocenters. The number of carbonyl (C=O) groups is 2. The molecule has 3 aromatic rings. The Morgan fingerprint density at radius 2 is 2.09 bits per heavy atom. The van der Waals surface area contributed by atoms with Crippen molar-refractivity contribution in [2.75, 3.05) is 19.7 Å². The lowest BCUT2D eigenvalue weighted by Gasteiger charge is -2.17. The topological polar surface area (TPSA) is 103 Å². The smallest absolute Gasteiger partial charge is 0.422 e. The number of amides is 2. The molecule has 0 spiro atoms. The summed E-state index contributed by atoms with van der Waals surface area (Å²) in [6, 6.07) is 4.66. The Balaban J connectivity index is 1.52. The first-order valence-electron chi connectivity index (χ1n) is 11.0. The fourth-order valence-corrected chi connectivity index (χ4v) is 4.83. The monoisotopic (exact) mass is 507 g/mol. The lowest BCUT2D eigenvalue weighted by atomic mass is 10.2. The van der Waals surface area contributed by atoms with Crippen LogP contribution in [-0.4, -0.2) is 57.1 Å². The van der Waals surface area contributed by atoms with Gasteiger partial charge in [0, 0.05) is 55.0 Å². The molecule has 0 saturated carbocycles. The van der Waals surface area contributed by atoms with Gasteiger partial charge < -0.3 is 19.9 Å². The van der Waals surface area contributed by atoms with E-state index >= 15 is 0 Å². The van der Waals surface area contributed by atoms with Crippen molar-refractivity contribution in [3.05, 3.63) is 41.0 Å². The predicted molar refractivity (Wildman–Crippen MR) is 124 cm³/mol. The molecule has 1 fully saturated rings. The number of rotatable bonds is 9. The summed E-state index contributed by atoms with van der Waals surface area (Å²) in [6.07, 6.45) is -0.853. The van der Waals surface area contributed by atoms with Gasteiger partial charge in [0.05, 0.1) is 17.0 Å². The average Bonchev–Trinajstić information content (AvgIpc) is 3.52. The predicted octanol–water partition coefficient (Wildman–Crippen LogP) is 4.03. The molecule has 2 amide bonds. The number of aromatic nitrogens is 3. The fraction of sp³-hybridized carbons (Fsp3) is 0.391. The third-order valence-electron chi connectivity index (χ3n) is 5.75. The van der Waals surface area contributed by atoms with Crippen LogP contribution in [0.1, 0.15) is 35.3 Å². The van der Waals surface area contributed by atoms with Gasteiger partial charge in [0.25, 0.3) is 5.91 Å². The highest BCUT2D eigenvalue weighted by molar-refractivity contribution is 7.13. The SMILES string of the molecule is Cc1c(C(N)=O)cc(-c2csc(-c3ccc(OCC(F)(F)F)nc3)n2)n1CCCN1CCCC1=O. The first kappa shape index (κ1) is 24.7. The van der Waals surface area contributed by atoms with E-state index in [2.05, 4.69) is 14.7 Å². The number of likely N-dealkylation sites (tertiary alicyclic amines) is 1. The lowest BCUT2D eigenvalue weighted by molar-refractivity contribution is -0.154. The van der Waals surface area contributed by atoms with Gasteiger partial charge in [-0.3, -0.25) is 9.59 Å². The Kier molecular flexibility index (Phi) is 7.10. The second-order valence-electron chi connectivity index (χ2n) is 8.21. The zero-order chi connectivity index (χ0) is 25.2. The van der Waals surface area contributed by atoms with Crippen LogP contribution in [0, 0.1) is 6.92 Å². The number of hydrogen-bond acceptors (Lipinski definition) is 6. The van der Waals surface area contributed by atoms with E-state index in [1.807, 2.05) is 21.8 Å². The number of carbonyl (C=O) groups excluding carboxylic acids is 2. The van der Waals surface area contributed by atoms with Gasteiger partial charge in [0.1, 0.15) is 5.01 Å². The summed E-state index contributed by atoms with van der Waals surface area (Å²) in [5.41, 5.74) is 8.68. The largest absolute Gasteiger partial charge is 0.468 e. The zero-order valence-corrected chi connectivity index (χ0v) is 19.8. The summed E-state index contributed by atoms with van der Waals surface area (Å²) in [7, 11) is 0. The average molecular weight is 508 g/mol. The van der Waals surface area contributed by atoms with Crippen molar-refractivity contribution in [1.29, 1.82) is 0 Å². The highest BCUT2D eigenvalue weighted by atomic mass is 32.1. The van der Waals surface area contributed by atoms with Crippen molar-refractivity contribution < 1.29 is 27.5 Å². The van der Waals surface area contributed by atoms with Gasteiger partial charge in [0.15, 0.2) is 6.61 Å². The molecule has 8 nitrogen and oxygen atoms in total. The fourth-order valence-electron chi connectivity index (χ4n) is 4.03. The number of nitrogens with zero attached hydrogens (tertiary/aromatic N) is 4. The molecule has 0 bridgehead atoms. The molecule has 35 heavy (non-hydrogen) atoms. The highest BCUT2D eigenvalue weighted by Crippen LogP contribution is 2.32. The van der Waals surface area contributed by atoms with Gasteiger partial charge in [-0.25, -0.2) is 9.97 Å². The van der Waals surface area contributed by atoms with Gasteiger partial charge in [-0.2, -0.15) is 13.2 Å². The van der Waals surface area contributed by atoms with Crippen LogP contribution in [0.25, 0.3) is 22.0 Å². The number of ether oxygens (including phenoxy) is 1. The molecule has 0 aromatic carbocycles.